The fourth-order valence-corrected chi connectivity index (χ4v) is 1.28. The van der Waals surface area contributed by atoms with Gasteiger partial charge in [0, 0.05) is 0 Å². The van der Waals surface area contributed by atoms with Crippen LogP contribution in [0.15, 0.2) is 12.7 Å². The topological polar surface area (TPSA) is 35.5 Å². The standard InChI is InChI=1S/C9H14O3/c1-5-7-8(6(2)10)12-9(3,4)11-7/h5,7-8H,1H2,2-4H3/t7-,8+/m1/s1. The second kappa shape index (κ2) is 2.99. The zero-order chi connectivity index (χ0) is 9.35. The summed E-state index contributed by atoms with van der Waals surface area (Å²) in [4.78, 5) is 11.1. The molecule has 12 heavy (non-hydrogen) atoms. The van der Waals surface area contributed by atoms with Gasteiger partial charge >= 0.3 is 0 Å². The van der Waals surface area contributed by atoms with Crippen LogP contribution >= 0.6 is 0 Å². The third kappa shape index (κ3) is 1.73. The summed E-state index contributed by atoms with van der Waals surface area (Å²) in [6, 6.07) is 0. The SMILES string of the molecule is C=C[C@H]1OC(C)(C)O[C@H]1C(C)=O. The second-order valence-corrected chi connectivity index (χ2v) is 3.37. The summed E-state index contributed by atoms with van der Waals surface area (Å²) in [5.74, 6) is -0.694. The molecule has 0 radical (unpaired) electrons. The molecule has 0 N–H and O–H groups in total. The van der Waals surface area contributed by atoms with E-state index in [9.17, 15) is 4.79 Å². The van der Waals surface area contributed by atoms with Gasteiger partial charge in [-0.2, -0.15) is 0 Å². The van der Waals surface area contributed by atoms with E-state index in [0.29, 0.717) is 0 Å². The molecule has 68 valence electrons. The van der Waals surface area contributed by atoms with Crippen LogP contribution in [-0.4, -0.2) is 23.8 Å². The van der Waals surface area contributed by atoms with Crippen molar-refractivity contribution >= 4 is 5.78 Å². The first-order valence-electron chi connectivity index (χ1n) is 3.95. The maximum absolute atomic E-state index is 11.1. The Morgan fingerprint density at radius 3 is 2.42 bits per heavy atom. The van der Waals surface area contributed by atoms with E-state index in [-0.39, 0.29) is 11.9 Å². The van der Waals surface area contributed by atoms with Gasteiger partial charge in [0.25, 0.3) is 0 Å². The Bertz CT molecular complexity index is 208. The number of ether oxygens (including phenoxy) is 2. The number of ketones is 1. The van der Waals surface area contributed by atoms with E-state index in [4.69, 9.17) is 9.47 Å². The molecule has 1 aliphatic heterocycles. The molecular weight excluding hydrogens is 156 g/mol. The molecule has 1 rings (SSSR count). The molecule has 0 aromatic carbocycles. The Kier molecular flexibility index (Phi) is 2.35. The normalized spacial score (nSPS) is 33.2. The summed E-state index contributed by atoms with van der Waals surface area (Å²) in [5, 5.41) is 0. The second-order valence-electron chi connectivity index (χ2n) is 3.37. The van der Waals surface area contributed by atoms with E-state index in [2.05, 4.69) is 6.58 Å². The van der Waals surface area contributed by atoms with Crippen molar-refractivity contribution in [1.82, 2.24) is 0 Å². The molecule has 0 saturated carbocycles. The van der Waals surface area contributed by atoms with Crippen molar-refractivity contribution in [3.63, 3.8) is 0 Å². The molecule has 0 bridgehead atoms. The van der Waals surface area contributed by atoms with Gasteiger partial charge in [-0.25, -0.2) is 0 Å². The summed E-state index contributed by atoms with van der Waals surface area (Å²) in [5.41, 5.74) is 0. The van der Waals surface area contributed by atoms with Crippen LogP contribution in [0, 0.1) is 0 Å². The molecule has 0 amide bonds. The summed E-state index contributed by atoms with van der Waals surface area (Å²) in [6.45, 7) is 8.64. The molecule has 1 saturated heterocycles. The zero-order valence-corrected chi connectivity index (χ0v) is 7.66. The maximum Gasteiger partial charge on any atom is 0.164 e. The van der Waals surface area contributed by atoms with Crippen molar-refractivity contribution in [2.75, 3.05) is 0 Å². The van der Waals surface area contributed by atoms with E-state index >= 15 is 0 Å². The fraction of sp³-hybridized carbons (Fsp3) is 0.667. The smallest absolute Gasteiger partial charge is 0.164 e. The third-order valence-corrected chi connectivity index (χ3v) is 1.76. The van der Waals surface area contributed by atoms with Crippen LogP contribution in [0.3, 0.4) is 0 Å². The lowest BCUT2D eigenvalue weighted by atomic mass is 10.1. The highest BCUT2D eigenvalue weighted by Crippen LogP contribution is 2.28. The summed E-state index contributed by atoms with van der Waals surface area (Å²) >= 11 is 0. The number of carbonyl (C=O) groups excluding carboxylic acids is 1. The van der Waals surface area contributed by atoms with Crippen LogP contribution in [0.25, 0.3) is 0 Å². The molecule has 2 atom stereocenters. The highest BCUT2D eigenvalue weighted by molar-refractivity contribution is 5.81. The van der Waals surface area contributed by atoms with Crippen LogP contribution in [0.4, 0.5) is 0 Å². The van der Waals surface area contributed by atoms with Crippen LogP contribution in [0.5, 0.6) is 0 Å². The lowest BCUT2D eigenvalue weighted by Crippen LogP contribution is -2.28. The Morgan fingerprint density at radius 2 is 2.08 bits per heavy atom. The van der Waals surface area contributed by atoms with Gasteiger partial charge in [0.1, 0.15) is 12.2 Å². The van der Waals surface area contributed by atoms with Crippen LogP contribution in [0.2, 0.25) is 0 Å². The Labute approximate surface area is 72.4 Å². The van der Waals surface area contributed by atoms with Crippen molar-refractivity contribution in [1.29, 1.82) is 0 Å². The van der Waals surface area contributed by atoms with E-state index < -0.39 is 11.9 Å². The molecular formula is C9H14O3. The molecule has 1 heterocycles. The first-order valence-corrected chi connectivity index (χ1v) is 3.95. The average molecular weight is 170 g/mol. The molecule has 0 aromatic heterocycles. The number of rotatable bonds is 2. The van der Waals surface area contributed by atoms with Gasteiger partial charge in [0.05, 0.1) is 0 Å². The Hall–Kier alpha value is -0.670. The van der Waals surface area contributed by atoms with Gasteiger partial charge in [0.15, 0.2) is 11.6 Å². The lowest BCUT2D eigenvalue weighted by Gasteiger charge is -2.15. The van der Waals surface area contributed by atoms with Crippen molar-refractivity contribution in [3.8, 4) is 0 Å². The van der Waals surface area contributed by atoms with E-state index in [0.717, 1.165) is 0 Å². The fourth-order valence-electron chi connectivity index (χ4n) is 1.28. The number of hydrogen-bond acceptors (Lipinski definition) is 3. The van der Waals surface area contributed by atoms with Gasteiger partial charge in [-0.3, -0.25) is 4.79 Å². The van der Waals surface area contributed by atoms with E-state index in [1.54, 1.807) is 19.9 Å². The molecule has 0 aliphatic carbocycles. The summed E-state index contributed by atoms with van der Waals surface area (Å²) in [7, 11) is 0. The van der Waals surface area contributed by atoms with Crippen LogP contribution < -0.4 is 0 Å². The van der Waals surface area contributed by atoms with Crippen molar-refractivity contribution < 1.29 is 14.3 Å². The Balaban J connectivity index is 2.76. The van der Waals surface area contributed by atoms with Gasteiger partial charge in [0.2, 0.25) is 0 Å². The van der Waals surface area contributed by atoms with Gasteiger partial charge in [-0.05, 0) is 20.8 Å². The number of carbonyl (C=O) groups is 1. The molecule has 3 heteroatoms. The zero-order valence-electron chi connectivity index (χ0n) is 7.66. The predicted octanol–water partition coefficient (Wildman–Crippen LogP) is 1.28. The van der Waals surface area contributed by atoms with Crippen molar-refractivity contribution in [2.24, 2.45) is 0 Å². The highest BCUT2D eigenvalue weighted by Gasteiger charge is 2.41. The Morgan fingerprint density at radius 1 is 1.50 bits per heavy atom. The third-order valence-electron chi connectivity index (χ3n) is 1.76. The quantitative estimate of drug-likeness (QED) is 0.586. The average Bonchev–Trinajstić information content (AvgIpc) is 2.25. The highest BCUT2D eigenvalue weighted by atomic mass is 16.8. The van der Waals surface area contributed by atoms with Crippen molar-refractivity contribution in [2.45, 2.75) is 38.8 Å². The monoisotopic (exact) mass is 170 g/mol. The van der Waals surface area contributed by atoms with Crippen LogP contribution in [0.1, 0.15) is 20.8 Å². The van der Waals surface area contributed by atoms with Crippen LogP contribution in [-0.2, 0) is 14.3 Å². The molecule has 0 unspecified atom stereocenters. The number of hydrogen-bond donors (Lipinski definition) is 0. The number of Topliss-reactive ketones (excluding diaryl/α,β-unsaturated/α-hetero) is 1. The van der Waals surface area contributed by atoms with E-state index in [1.807, 2.05) is 0 Å². The minimum atomic E-state index is -0.671. The minimum absolute atomic E-state index is 0.0227. The molecule has 1 aliphatic rings. The first-order chi connectivity index (χ1) is 5.46. The van der Waals surface area contributed by atoms with Gasteiger partial charge < -0.3 is 9.47 Å². The minimum Gasteiger partial charge on any atom is -0.340 e. The molecule has 1 fully saturated rings. The lowest BCUT2D eigenvalue weighted by molar-refractivity contribution is -0.152. The van der Waals surface area contributed by atoms with E-state index in [1.165, 1.54) is 6.92 Å². The summed E-state index contributed by atoms with van der Waals surface area (Å²) in [6.07, 6.45) is 0.802. The van der Waals surface area contributed by atoms with Crippen molar-refractivity contribution in [3.05, 3.63) is 12.7 Å². The molecule has 0 aromatic rings. The largest absolute Gasteiger partial charge is 0.340 e. The molecule has 3 nitrogen and oxygen atoms in total. The maximum atomic E-state index is 11.1. The molecule has 0 spiro atoms. The van der Waals surface area contributed by atoms with Gasteiger partial charge in [-0.1, -0.05) is 6.08 Å². The predicted molar refractivity (Wildman–Crippen MR) is 44.7 cm³/mol. The van der Waals surface area contributed by atoms with Gasteiger partial charge in [-0.15, -0.1) is 6.58 Å². The first kappa shape index (κ1) is 9.42. The summed E-state index contributed by atoms with van der Waals surface area (Å²) < 4.78 is 10.8.